The molecule has 2 heterocycles. The lowest BCUT2D eigenvalue weighted by atomic mass is 10.1. The van der Waals surface area contributed by atoms with E-state index in [1.165, 1.54) is 41.1 Å². The molecule has 4 rings (SSSR count). The van der Waals surface area contributed by atoms with Crippen LogP contribution in [0.25, 0.3) is 16.9 Å². The number of hydrogen-bond acceptors (Lipinski definition) is 6. The standard InChI is InChI=1S/C23H16N6O5/c30-23(25-17-8-10-19(11-9-17)28(31)32)26-18-13-21(16-5-2-1-3-6-16)27(22(14-18)29(33)34)20-7-4-12-24-15-20/h1-15H,(H,25,30)/b26-18+. The lowest BCUT2D eigenvalue weighted by molar-refractivity contribution is -0.391. The number of nitro benzene ring substituents is 1. The summed E-state index contributed by atoms with van der Waals surface area (Å²) in [5.74, 6) is -0.309. The molecule has 168 valence electrons. The summed E-state index contributed by atoms with van der Waals surface area (Å²) in [5, 5.41) is 25.3. The van der Waals surface area contributed by atoms with Crippen LogP contribution in [0.5, 0.6) is 0 Å². The number of nitrogens with zero attached hydrogens (tertiary/aromatic N) is 5. The highest BCUT2D eigenvalue weighted by atomic mass is 16.6. The summed E-state index contributed by atoms with van der Waals surface area (Å²) in [6.07, 6.45) is 3.06. The molecule has 11 heteroatoms. The van der Waals surface area contributed by atoms with Crippen molar-refractivity contribution in [3.05, 3.63) is 117 Å². The van der Waals surface area contributed by atoms with Gasteiger partial charge in [0.1, 0.15) is 5.69 Å². The van der Waals surface area contributed by atoms with E-state index in [0.717, 1.165) is 0 Å². The van der Waals surface area contributed by atoms with E-state index in [1.807, 2.05) is 6.07 Å². The lowest BCUT2D eigenvalue weighted by Crippen LogP contribution is -2.17. The molecule has 1 N–H and O–H groups in total. The van der Waals surface area contributed by atoms with Crippen molar-refractivity contribution in [3.63, 3.8) is 0 Å². The second-order valence-electron chi connectivity index (χ2n) is 6.97. The fraction of sp³-hybridized carbons (Fsp3) is 0. The third-order valence-corrected chi connectivity index (χ3v) is 4.75. The number of pyridine rings is 2. The third-order valence-electron chi connectivity index (χ3n) is 4.75. The van der Waals surface area contributed by atoms with Gasteiger partial charge >= 0.3 is 11.8 Å². The van der Waals surface area contributed by atoms with Gasteiger partial charge in [0.2, 0.25) is 0 Å². The first-order chi connectivity index (χ1) is 16.4. The molecule has 4 aromatic rings. The van der Waals surface area contributed by atoms with Crippen LogP contribution >= 0.6 is 0 Å². The number of benzene rings is 2. The van der Waals surface area contributed by atoms with E-state index in [1.54, 1.807) is 48.7 Å². The number of urea groups is 1. The first kappa shape index (κ1) is 22.0. The molecule has 0 unspecified atom stereocenters. The zero-order valence-corrected chi connectivity index (χ0v) is 17.4. The Balaban J connectivity index is 1.81. The molecule has 2 aromatic carbocycles. The van der Waals surface area contributed by atoms with Gasteiger partial charge in [-0.2, -0.15) is 9.56 Å². The minimum atomic E-state index is -0.790. The summed E-state index contributed by atoms with van der Waals surface area (Å²) < 4.78 is 1.43. The van der Waals surface area contributed by atoms with Crippen LogP contribution in [-0.2, 0) is 0 Å². The van der Waals surface area contributed by atoms with E-state index >= 15 is 0 Å². The van der Waals surface area contributed by atoms with Crippen molar-refractivity contribution < 1.29 is 14.6 Å². The summed E-state index contributed by atoms with van der Waals surface area (Å²) in [5.41, 5.74) is 1.74. The summed E-state index contributed by atoms with van der Waals surface area (Å²) in [6.45, 7) is 0. The number of non-ortho nitro benzene ring substituents is 1. The molecule has 0 bridgehead atoms. The second kappa shape index (κ2) is 9.53. The van der Waals surface area contributed by atoms with Crippen molar-refractivity contribution in [1.82, 2.24) is 9.55 Å². The van der Waals surface area contributed by atoms with Gasteiger partial charge in [-0.05, 0) is 29.2 Å². The number of aromatic nitrogens is 2. The number of nitro groups is 2. The second-order valence-corrected chi connectivity index (χ2v) is 6.97. The van der Waals surface area contributed by atoms with E-state index in [0.29, 0.717) is 22.6 Å². The van der Waals surface area contributed by atoms with Crippen LogP contribution in [0.15, 0.2) is 96.2 Å². The molecule has 0 aliphatic heterocycles. The smallest absolute Gasteiger partial charge is 0.345 e. The predicted molar refractivity (Wildman–Crippen MR) is 123 cm³/mol. The minimum absolute atomic E-state index is 0.0603. The molecule has 11 nitrogen and oxygen atoms in total. The van der Waals surface area contributed by atoms with Crippen LogP contribution in [0.2, 0.25) is 0 Å². The first-order valence-electron chi connectivity index (χ1n) is 9.90. The summed E-state index contributed by atoms with van der Waals surface area (Å²) in [6, 6.07) is 19.5. The average molecular weight is 456 g/mol. The zero-order valence-electron chi connectivity index (χ0n) is 17.4. The van der Waals surface area contributed by atoms with Gasteiger partial charge in [0.15, 0.2) is 5.69 Å². The van der Waals surface area contributed by atoms with Gasteiger partial charge < -0.3 is 15.4 Å². The van der Waals surface area contributed by atoms with Gasteiger partial charge in [-0.25, -0.2) is 4.79 Å². The van der Waals surface area contributed by atoms with Crippen LogP contribution in [0.3, 0.4) is 0 Å². The van der Waals surface area contributed by atoms with Crippen molar-refractivity contribution in [2.24, 2.45) is 4.99 Å². The predicted octanol–water partition coefficient (Wildman–Crippen LogP) is 4.49. The maximum atomic E-state index is 12.5. The van der Waals surface area contributed by atoms with E-state index in [4.69, 9.17) is 0 Å². The molecule has 0 aliphatic carbocycles. The summed E-state index contributed by atoms with van der Waals surface area (Å²) in [7, 11) is 0. The van der Waals surface area contributed by atoms with E-state index < -0.39 is 15.9 Å². The molecule has 0 saturated carbocycles. The fourth-order valence-corrected chi connectivity index (χ4v) is 3.28. The number of carbonyl (C=O) groups is 1. The van der Waals surface area contributed by atoms with Crippen molar-refractivity contribution in [1.29, 1.82) is 0 Å². The Morgan fingerprint density at radius 1 is 0.912 bits per heavy atom. The van der Waals surface area contributed by atoms with Gasteiger partial charge in [0, 0.05) is 35.6 Å². The van der Waals surface area contributed by atoms with Crippen LogP contribution in [0, 0.1) is 20.2 Å². The number of amides is 2. The molecule has 2 amide bonds. The monoisotopic (exact) mass is 456 g/mol. The number of rotatable bonds is 5. The van der Waals surface area contributed by atoms with E-state index in [-0.39, 0.29) is 16.9 Å². The summed E-state index contributed by atoms with van der Waals surface area (Å²) in [4.78, 5) is 42.1. The summed E-state index contributed by atoms with van der Waals surface area (Å²) >= 11 is 0. The van der Waals surface area contributed by atoms with Crippen LogP contribution in [0.4, 0.5) is 22.0 Å². The Morgan fingerprint density at radius 3 is 2.26 bits per heavy atom. The van der Waals surface area contributed by atoms with Gasteiger partial charge in [-0.1, -0.05) is 30.3 Å². The molecular weight excluding hydrogens is 440 g/mol. The van der Waals surface area contributed by atoms with Crippen LogP contribution in [-0.4, -0.2) is 25.4 Å². The molecule has 0 radical (unpaired) electrons. The van der Waals surface area contributed by atoms with Crippen molar-refractivity contribution in [3.8, 4) is 16.9 Å². The highest BCUT2D eigenvalue weighted by molar-refractivity contribution is 5.90. The van der Waals surface area contributed by atoms with Gasteiger partial charge in [-0.15, -0.1) is 0 Å². The highest BCUT2D eigenvalue weighted by Crippen LogP contribution is 2.26. The Kier molecular flexibility index (Phi) is 6.17. The van der Waals surface area contributed by atoms with Gasteiger partial charge in [-0.3, -0.25) is 15.1 Å². The largest absolute Gasteiger partial charge is 0.358 e. The zero-order chi connectivity index (χ0) is 24.1. The molecule has 0 fully saturated rings. The molecule has 0 aliphatic rings. The molecule has 2 aromatic heterocycles. The van der Waals surface area contributed by atoms with Crippen molar-refractivity contribution in [2.45, 2.75) is 0 Å². The maximum absolute atomic E-state index is 12.5. The fourth-order valence-electron chi connectivity index (χ4n) is 3.28. The number of anilines is 1. The SMILES string of the molecule is O=C(/N=c1\cc(-c2ccccc2)n(-c2cccnc2)c([N+](=O)[O-])c1)Nc1ccc([N+](=O)[O-])cc1. The van der Waals surface area contributed by atoms with E-state index in [9.17, 15) is 25.0 Å². The quantitative estimate of drug-likeness (QED) is 0.346. The molecule has 0 spiro atoms. The van der Waals surface area contributed by atoms with E-state index in [2.05, 4.69) is 15.3 Å². The highest BCUT2D eigenvalue weighted by Gasteiger charge is 2.21. The number of carbonyl (C=O) groups excluding carboxylic acids is 1. The average Bonchev–Trinajstić information content (AvgIpc) is 2.85. The van der Waals surface area contributed by atoms with Crippen molar-refractivity contribution >= 4 is 23.2 Å². The Morgan fingerprint density at radius 2 is 1.65 bits per heavy atom. The Hall–Kier alpha value is -5.19. The maximum Gasteiger partial charge on any atom is 0.345 e. The lowest BCUT2D eigenvalue weighted by Gasteiger charge is -2.11. The molecule has 34 heavy (non-hydrogen) atoms. The molecular formula is C23H16N6O5. The Bertz CT molecular complexity index is 1430. The van der Waals surface area contributed by atoms with Crippen LogP contribution < -0.4 is 10.7 Å². The van der Waals surface area contributed by atoms with Gasteiger partial charge in [0.05, 0.1) is 22.5 Å². The first-order valence-corrected chi connectivity index (χ1v) is 9.90. The van der Waals surface area contributed by atoms with Crippen LogP contribution in [0.1, 0.15) is 0 Å². The normalized spacial score (nSPS) is 11.1. The minimum Gasteiger partial charge on any atom is -0.358 e. The number of nitrogens with one attached hydrogen (secondary N) is 1. The Labute approximate surface area is 192 Å². The topological polar surface area (TPSA) is 146 Å². The molecule has 0 saturated heterocycles. The van der Waals surface area contributed by atoms with Gasteiger partial charge in [0.25, 0.3) is 5.69 Å². The molecule has 0 atom stereocenters. The van der Waals surface area contributed by atoms with Crippen molar-refractivity contribution in [2.75, 3.05) is 5.32 Å². The number of hydrogen-bond donors (Lipinski definition) is 1. The third kappa shape index (κ3) is 4.83.